The zero-order valence-corrected chi connectivity index (χ0v) is 11.1. The quantitative estimate of drug-likeness (QED) is 0.796. The third-order valence-electron chi connectivity index (χ3n) is 2.48. The molecule has 0 fully saturated rings. The molecule has 0 aliphatic heterocycles. The van der Waals surface area contributed by atoms with E-state index < -0.39 is 0 Å². The molecule has 1 unspecified atom stereocenters. The van der Waals surface area contributed by atoms with Crippen LogP contribution in [0.15, 0.2) is 6.20 Å². The first-order valence-electron chi connectivity index (χ1n) is 5.58. The van der Waals surface area contributed by atoms with Crippen molar-refractivity contribution in [3.8, 4) is 5.75 Å². The summed E-state index contributed by atoms with van der Waals surface area (Å²) >= 11 is 1.81. The molecule has 0 saturated heterocycles. The number of thioether (sulfide) groups is 1. The summed E-state index contributed by atoms with van der Waals surface area (Å²) < 4.78 is 7.27. The number of ether oxygens (including phenoxy) is 1. The maximum Gasteiger partial charge on any atom is 0.161 e. The summed E-state index contributed by atoms with van der Waals surface area (Å²) in [5.41, 5.74) is 7.21. The van der Waals surface area contributed by atoms with Crippen LogP contribution in [0, 0.1) is 0 Å². The highest BCUT2D eigenvalue weighted by molar-refractivity contribution is 7.98. The van der Waals surface area contributed by atoms with E-state index in [2.05, 4.69) is 18.3 Å². The Kier molecular flexibility index (Phi) is 5.69. The van der Waals surface area contributed by atoms with E-state index in [1.165, 1.54) is 0 Å². The van der Waals surface area contributed by atoms with Crippen LogP contribution in [-0.2, 0) is 6.54 Å². The molecule has 1 heterocycles. The second kappa shape index (κ2) is 6.81. The molecular formula is C11H21N3OS. The van der Waals surface area contributed by atoms with Crippen LogP contribution in [0.1, 0.15) is 31.5 Å². The minimum atomic E-state index is 0.0106. The average Bonchev–Trinajstić information content (AvgIpc) is 2.69. The Morgan fingerprint density at radius 3 is 2.94 bits per heavy atom. The summed E-state index contributed by atoms with van der Waals surface area (Å²) in [6.07, 6.45) is 5.84. The van der Waals surface area contributed by atoms with Crippen LogP contribution in [-0.4, -0.2) is 28.9 Å². The minimum absolute atomic E-state index is 0.0106. The molecule has 0 bridgehead atoms. The molecule has 92 valence electrons. The third-order valence-corrected chi connectivity index (χ3v) is 3.13. The van der Waals surface area contributed by atoms with Crippen LogP contribution < -0.4 is 10.5 Å². The Balaban J connectivity index is 2.84. The summed E-state index contributed by atoms with van der Waals surface area (Å²) in [6.45, 7) is 3.02. The SMILES string of the molecule is CCCn1ncc(OC)c1C(N)CCSC. The zero-order chi connectivity index (χ0) is 12.0. The fourth-order valence-corrected chi connectivity index (χ4v) is 2.17. The van der Waals surface area contributed by atoms with E-state index in [1.807, 2.05) is 16.4 Å². The van der Waals surface area contributed by atoms with Gasteiger partial charge in [0.2, 0.25) is 0 Å². The summed E-state index contributed by atoms with van der Waals surface area (Å²) in [6, 6.07) is 0.0106. The topological polar surface area (TPSA) is 53.1 Å². The Hall–Kier alpha value is -0.680. The van der Waals surface area contributed by atoms with Crippen molar-refractivity contribution in [3.63, 3.8) is 0 Å². The lowest BCUT2D eigenvalue weighted by Gasteiger charge is -2.15. The lowest BCUT2D eigenvalue weighted by Crippen LogP contribution is -2.18. The minimum Gasteiger partial charge on any atom is -0.493 e. The highest BCUT2D eigenvalue weighted by Crippen LogP contribution is 2.26. The molecule has 2 N–H and O–H groups in total. The summed E-state index contributed by atoms with van der Waals surface area (Å²) in [5.74, 6) is 1.86. The number of aromatic nitrogens is 2. The van der Waals surface area contributed by atoms with Gasteiger partial charge in [-0.3, -0.25) is 4.68 Å². The molecular weight excluding hydrogens is 222 g/mol. The largest absolute Gasteiger partial charge is 0.493 e. The van der Waals surface area contributed by atoms with Crippen molar-refractivity contribution in [1.82, 2.24) is 9.78 Å². The van der Waals surface area contributed by atoms with Crippen LogP contribution in [0.25, 0.3) is 0 Å². The van der Waals surface area contributed by atoms with Crippen LogP contribution in [0.4, 0.5) is 0 Å². The van der Waals surface area contributed by atoms with Crippen molar-refractivity contribution in [1.29, 1.82) is 0 Å². The zero-order valence-electron chi connectivity index (χ0n) is 10.3. The summed E-state index contributed by atoms with van der Waals surface area (Å²) in [5, 5.41) is 4.31. The first-order chi connectivity index (χ1) is 7.74. The van der Waals surface area contributed by atoms with Crippen molar-refractivity contribution in [3.05, 3.63) is 11.9 Å². The van der Waals surface area contributed by atoms with Gasteiger partial charge < -0.3 is 10.5 Å². The fraction of sp³-hybridized carbons (Fsp3) is 0.727. The normalized spacial score (nSPS) is 12.8. The maximum atomic E-state index is 6.18. The van der Waals surface area contributed by atoms with Gasteiger partial charge in [0.1, 0.15) is 0 Å². The highest BCUT2D eigenvalue weighted by Gasteiger charge is 2.17. The number of hydrogen-bond acceptors (Lipinski definition) is 4. The Morgan fingerprint density at radius 2 is 2.38 bits per heavy atom. The highest BCUT2D eigenvalue weighted by atomic mass is 32.2. The molecule has 16 heavy (non-hydrogen) atoms. The smallest absolute Gasteiger partial charge is 0.161 e. The molecule has 4 nitrogen and oxygen atoms in total. The van der Waals surface area contributed by atoms with Crippen molar-refractivity contribution in [2.45, 2.75) is 32.4 Å². The van der Waals surface area contributed by atoms with Crippen LogP contribution in [0.2, 0.25) is 0 Å². The first-order valence-corrected chi connectivity index (χ1v) is 6.98. The molecule has 0 saturated carbocycles. The molecule has 1 aromatic rings. The molecule has 1 aromatic heterocycles. The molecule has 0 radical (unpaired) electrons. The van der Waals surface area contributed by atoms with Gasteiger partial charge in [-0.05, 0) is 24.9 Å². The Morgan fingerprint density at radius 1 is 1.62 bits per heavy atom. The van der Waals surface area contributed by atoms with E-state index in [9.17, 15) is 0 Å². The van der Waals surface area contributed by atoms with Gasteiger partial charge in [0, 0.05) is 6.54 Å². The number of nitrogens with two attached hydrogens (primary N) is 1. The lowest BCUT2D eigenvalue weighted by atomic mass is 10.1. The van der Waals surface area contributed by atoms with Crippen molar-refractivity contribution in [2.24, 2.45) is 5.73 Å². The summed E-state index contributed by atoms with van der Waals surface area (Å²) in [4.78, 5) is 0. The van der Waals surface area contributed by atoms with Crippen LogP contribution in [0.3, 0.4) is 0 Å². The Bertz CT molecular complexity index is 314. The van der Waals surface area contributed by atoms with Gasteiger partial charge in [-0.25, -0.2) is 0 Å². The molecule has 0 spiro atoms. The van der Waals surface area contributed by atoms with Crippen molar-refractivity contribution in [2.75, 3.05) is 19.1 Å². The van der Waals surface area contributed by atoms with Gasteiger partial charge in [-0.2, -0.15) is 16.9 Å². The molecule has 0 amide bonds. The van der Waals surface area contributed by atoms with Crippen LogP contribution in [0.5, 0.6) is 5.75 Å². The number of nitrogens with zero attached hydrogens (tertiary/aromatic N) is 2. The van der Waals surface area contributed by atoms with Gasteiger partial charge in [-0.15, -0.1) is 0 Å². The van der Waals surface area contributed by atoms with Gasteiger partial charge in [-0.1, -0.05) is 6.92 Å². The Labute approximate surface area is 102 Å². The van der Waals surface area contributed by atoms with E-state index in [4.69, 9.17) is 10.5 Å². The first kappa shape index (κ1) is 13.4. The second-order valence-electron chi connectivity index (χ2n) is 3.71. The van der Waals surface area contributed by atoms with Crippen LogP contribution >= 0.6 is 11.8 Å². The number of rotatable bonds is 7. The predicted molar refractivity (Wildman–Crippen MR) is 69.0 cm³/mol. The fourth-order valence-electron chi connectivity index (χ4n) is 1.68. The van der Waals surface area contributed by atoms with E-state index in [-0.39, 0.29) is 6.04 Å². The molecule has 1 rings (SSSR count). The van der Waals surface area contributed by atoms with Gasteiger partial charge >= 0.3 is 0 Å². The predicted octanol–water partition coefficient (Wildman–Crippen LogP) is 2.05. The van der Waals surface area contributed by atoms with Gasteiger partial charge in [0.15, 0.2) is 5.75 Å². The number of aryl methyl sites for hydroxylation is 1. The van der Waals surface area contributed by atoms with Gasteiger partial charge in [0.25, 0.3) is 0 Å². The number of methoxy groups -OCH3 is 1. The maximum absolute atomic E-state index is 6.18. The molecule has 1 atom stereocenters. The van der Waals surface area contributed by atoms with E-state index in [1.54, 1.807) is 13.3 Å². The third kappa shape index (κ3) is 3.15. The monoisotopic (exact) mass is 243 g/mol. The lowest BCUT2D eigenvalue weighted by molar-refractivity contribution is 0.399. The second-order valence-corrected chi connectivity index (χ2v) is 4.69. The summed E-state index contributed by atoms with van der Waals surface area (Å²) in [7, 11) is 1.66. The van der Waals surface area contributed by atoms with E-state index in [0.717, 1.165) is 36.6 Å². The molecule has 5 heteroatoms. The van der Waals surface area contributed by atoms with Crippen molar-refractivity contribution < 1.29 is 4.74 Å². The van der Waals surface area contributed by atoms with Crippen molar-refractivity contribution >= 4 is 11.8 Å². The molecule has 0 aromatic carbocycles. The number of hydrogen-bond donors (Lipinski definition) is 1. The molecule has 0 aliphatic carbocycles. The van der Waals surface area contributed by atoms with E-state index >= 15 is 0 Å². The average molecular weight is 243 g/mol. The molecule has 0 aliphatic rings. The van der Waals surface area contributed by atoms with E-state index in [0.29, 0.717) is 0 Å². The van der Waals surface area contributed by atoms with Gasteiger partial charge in [0.05, 0.1) is 25.0 Å². The standard InChI is InChI=1S/C11H21N3OS/c1-4-6-14-11(9(12)5-7-16-3)10(15-2)8-13-14/h8-9H,4-7,12H2,1-3H3.